The average Bonchev–Trinajstić information content (AvgIpc) is 3.01. The molecule has 4 rings (SSSR count). The molecule has 0 spiro atoms. The number of hydrogen-bond acceptors (Lipinski definition) is 5. The zero-order valence-electron chi connectivity index (χ0n) is 16.6. The second-order valence-electron chi connectivity index (χ2n) is 6.84. The van der Waals surface area contributed by atoms with Gasteiger partial charge in [-0.05, 0) is 50.6 Å². The van der Waals surface area contributed by atoms with Gasteiger partial charge in [-0.1, -0.05) is 47.7 Å². The fraction of sp³-hybridized carbons (Fsp3) is 0.217. The Morgan fingerprint density at radius 2 is 1.76 bits per heavy atom. The van der Waals surface area contributed by atoms with E-state index in [9.17, 15) is 4.79 Å². The maximum absolute atomic E-state index is 13.4. The SMILES string of the molecule is Cc1ccc(OCCSc2nc3sc(C)c(C)c3c(=O)n2-c2ccccc2)cc1. The Hall–Kier alpha value is -2.57. The van der Waals surface area contributed by atoms with Gasteiger partial charge in [-0.2, -0.15) is 0 Å². The van der Waals surface area contributed by atoms with Crippen molar-refractivity contribution >= 4 is 33.3 Å². The first-order chi connectivity index (χ1) is 14.0. The number of rotatable bonds is 6. The van der Waals surface area contributed by atoms with Crippen LogP contribution in [-0.2, 0) is 0 Å². The molecule has 0 aliphatic rings. The van der Waals surface area contributed by atoms with Crippen LogP contribution in [0.5, 0.6) is 5.75 Å². The van der Waals surface area contributed by atoms with E-state index in [-0.39, 0.29) is 5.56 Å². The van der Waals surface area contributed by atoms with Gasteiger partial charge in [0.1, 0.15) is 10.6 Å². The van der Waals surface area contributed by atoms with Gasteiger partial charge in [0.15, 0.2) is 5.16 Å². The Balaban J connectivity index is 1.63. The van der Waals surface area contributed by atoms with Gasteiger partial charge in [-0.15, -0.1) is 11.3 Å². The molecule has 29 heavy (non-hydrogen) atoms. The first kappa shape index (κ1) is 19.7. The molecule has 0 unspecified atom stereocenters. The summed E-state index contributed by atoms with van der Waals surface area (Å²) >= 11 is 3.12. The van der Waals surface area contributed by atoms with Crippen LogP contribution in [0.25, 0.3) is 15.9 Å². The molecule has 0 saturated carbocycles. The maximum atomic E-state index is 13.4. The molecule has 0 saturated heterocycles. The van der Waals surface area contributed by atoms with Gasteiger partial charge in [0.2, 0.25) is 0 Å². The highest BCUT2D eigenvalue weighted by molar-refractivity contribution is 7.99. The lowest BCUT2D eigenvalue weighted by Gasteiger charge is -2.12. The van der Waals surface area contributed by atoms with Gasteiger partial charge in [-0.25, -0.2) is 4.98 Å². The molecular formula is C23H22N2O2S2. The second kappa shape index (κ2) is 8.43. The molecule has 148 valence electrons. The molecule has 0 bridgehead atoms. The predicted octanol–water partition coefficient (Wildman–Crippen LogP) is 5.54. The highest BCUT2D eigenvalue weighted by atomic mass is 32.2. The van der Waals surface area contributed by atoms with Crippen molar-refractivity contribution in [1.82, 2.24) is 9.55 Å². The van der Waals surface area contributed by atoms with Crippen LogP contribution >= 0.6 is 23.1 Å². The molecule has 4 aromatic rings. The van der Waals surface area contributed by atoms with Crippen molar-refractivity contribution in [3.63, 3.8) is 0 Å². The Bertz CT molecular complexity index is 1200. The number of nitrogens with zero attached hydrogens (tertiary/aromatic N) is 2. The number of para-hydroxylation sites is 1. The summed E-state index contributed by atoms with van der Waals surface area (Å²) in [6, 6.07) is 17.7. The monoisotopic (exact) mass is 422 g/mol. The van der Waals surface area contributed by atoms with Crippen molar-refractivity contribution < 1.29 is 4.74 Å². The van der Waals surface area contributed by atoms with Crippen LogP contribution in [0.4, 0.5) is 0 Å². The number of thiophene rings is 1. The Morgan fingerprint density at radius 3 is 2.48 bits per heavy atom. The minimum absolute atomic E-state index is 0.00926. The molecule has 0 fully saturated rings. The third-order valence-corrected chi connectivity index (χ3v) is 6.79. The maximum Gasteiger partial charge on any atom is 0.267 e. The number of ether oxygens (including phenoxy) is 1. The summed E-state index contributed by atoms with van der Waals surface area (Å²) < 4.78 is 7.56. The smallest absolute Gasteiger partial charge is 0.267 e. The van der Waals surface area contributed by atoms with Gasteiger partial charge < -0.3 is 4.74 Å². The summed E-state index contributed by atoms with van der Waals surface area (Å²) in [6.07, 6.45) is 0. The van der Waals surface area contributed by atoms with Crippen molar-refractivity contribution in [2.45, 2.75) is 25.9 Å². The standard InChI is InChI=1S/C23H22N2O2S2/c1-15-9-11-19(12-10-15)27-13-14-28-23-24-21-20(16(2)17(3)29-21)22(26)25(23)18-7-5-4-6-8-18/h4-12H,13-14H2,1-3H3. The number of aromatic nitrogens is 2. The Morgan fingerprint density at radius 1 is 1.03 bits per heavy atom. The lowest BCUT2D eigenvalue weighted by molar-refractivity contribution is 0.344. The number of thioether (sulfide) groups is 1. The molecule has 0 amide bonds. The molecule has 2 aromatic carbocycles. The predicted molar refractivity (Wildman–Crippen MR) is 122 cm³/mol. The lowest BCUT2D eigenvalue weighted by Crippen LogP contribution is -2.22. The van der Waals surface area contributed by atoms with Crippen LogP contribution in [0, 0.1) is 20.8 Å². The summed E-state index contributed by atoms with van der Waals surface area (Å²) in [7, 11) is 0. The number of fused-ring (bicyclic) bond motifs is 1. The van der Waals surface area contributed by atoms with Crippen molar-refractivity contribution in [3.05, 3.63) is 81.0 Å². The van der Waals surface area contributed by atoms with Crippen LogP contribution < -0.4 is 10.3 Å². The molecule has 4 nitrogen and oxygen atoms in total. The van der Waals surface area contributed by atoms with E-state index >= 15 is 0 Å². The molecular weight excluding hydrogens is 400 g/mol. The third kappa shape index (κ3) is 4.09. The Kier molecular flexibility index (Phi) is 5.74. The van der Waals surface area contributed by atoms with Crippen LogP contribution in [0.2, 0.25) is 0 Å². The summed E-state index contributed by atoms with van der Waals surface area (Å²) in [6.45, 7) is 6.63. The zero-order valence-corrected chi connectivity index (χ0v) is 18.3. The van der Waals surface area contributed by atoms with E-state index in [1.165, 1.54) is 5.56 Å². The molecule has 6 heteroatoms. The summed E-state index contributed by atoms with van der Waals surface area (Å²) in [5, 5.41) is 1.42. The third-order valence-electron chi connectivity index (χ3n) is 4.79. The van der Waals surface area contributed by atoms with Crippen molar-refractivity contribution in [2.24, 2.45) is 0 Å². The van der Waals surface area contributed by atoms with Crippen LogP contribution in [0.1, 0.15) is 16.0 Å². The molecule has 0 radical (unpaired) electrons. The van der Waals surface area contributed by atoms with E-state index in [1.807, 2.05) is 68.4 Å². The number of benzene rings is 2. The van der Waals surface area contributed by atoms with Crippen LogP contribution in [-0.4, -0.2) is 21.9 Å². The van der Waals surface area contributed by atoms with E-state index < -0.39 is 0 Å². The van der Waals surface area contributed by atoms with Crippen molar-refractivity contribution in [1.29, 1.82) is 0 Å². The molecule has 2 heterocycles. The largest absolute Gasteiger partial charge is 0.493 e. The van der Waals surface area contributed by atoms with E-state index in [1.54, 1.807) is 27.7 Å². The fourth-order valence-corrected chi connectivity index (χ4v) is 5.00. The molecule has 0 aliphatic carbocycles. The molecule has 2 aromatic heterocycles. The highest BCUT2D eigenvalue weighted by Crippen LogP contribution is 2.29. The average molecular weight is 423 g/mol. The lowest BCUT2D eigenvalue weighted by atomic mass is 10.2. The van der Waals surface area contributed by atoms with E-state index in [4.69, 9.17) is 9.72 Å². The van der Waals surface area contributed by atoms with Crippen molar-refractivity contribution in [3.8, 4) is 11.4 Å². The van der Waals surface area contributed by atoms with E-state index in [0.717, 1.165) is 32.1 Å². The second-order valence-corrected chi connectivity index (χ2v) is 9.11. The minimum Gasteiger partial charge on any atom is -0.493 e. The van der Waals surface area contributed by atoms with Crippen molar-refractivity contribution in [2.75, 3.05) is 12.4 Å². The van der Waals surface area contributed by atoms with Crippen LogP contribution in [0.15, 0.2) is 64.5 Å². The fourth-order valence-electron chi connectivity index (χ4n) is 3.10. The summed E-state index contributed by atoms with van der Waals surface area (Å²) in [5.41, 5.74) is 3.05. The summed E-state index contributed by atoms with van der Waals surface area (Å²) in [5.74, 6) is 1.55. The first-order valence-corrected chi connectivity index (χ1v) is 11.3. The minimum atomic E-state index is -0.00926. The quantitative estimate of drug-likeness (QED) is 0.232. The topological polar surface area (TPSA) is 44.1 Å². The Labute approximate surface area is 178 Å². The first-order valence-electron chi connectivity index (χ1n) is 9.45. The molecule has 0 atom stereocenters. The van der Waals surface area contributed by atoms with Gasteiger partial charge in [-0.3, -0.25) is 9.36 Å². The number of hydrogen-bond donors (Lipinski definition) is 0. The van der Waals surface area contributed by atoms with Gasteiger partial charge in [0, 0.05) is 10.6 Å². The normalized spacial score (nSPS) is 11.1. The highest BCUT2D eigenvalue weighted by Gasteiger charge is 2.17. The number of aryl methyl sites for hydroxylation is 3. The molecule has 0 N–H and O–H groups in total. The van der Waals surface area contributed by atoms with E-state index in [2.05, 4.69) is 6.92 Å². The zero-order chi connectivity index (χ0) is 20.4. The van der Waals surface area contributed by atoms with Crippen LogP contribution in [0.3, 0.4) is 0 Å². The summed E-state index contributed by atoms with van der Waals surface area (Å²) in [4.78, 5) is 20.1. The van der Waals surface area contributed by atoms with E-state index in [0.29, 0.717) is 17.5 Å². The van der Waals surface area contributed by atoms with Gasteiger partial charge >= 0.3 is 0 Å². The van der Waals surface area contributed by atoms with Gasteiger partial charge in [0.25, 0.3) is 5.56 Å². The van der Waals surface area contributed by atoms with Gasteiger partial charge in [0.05, 0.1) is 17.7 Å². The molecule has 0 aliphatic heterocycles.